The van der Waals surface area contributed by atoms with Crippen LogP contribution in [0.1, 0.15) is 0 Å². The van der Waals surface area contributed by atoms with Crippen LogP contribution in [0, 0.1) is 22.7 Å². The smallest absolute Gasteiger partial charge is 0.237 e. The number of amides is 1. The Hall–Kier alpha value is -0.800. The first kappa shape index (κ1) is 11.7. The Kier molecular flexibility index (Phi) is 2.63. The summed E-state index contributed by atoms with van der Waals surface area (Å²) in [6.07, 6.45) is 0. The zero-order chi connectivity index (χ0) is 12.0. The van der Waals surface area contributed by atoms with Gasteiger partial charge >= 0.3 is 0 Å². The molecule has 0 radical (unpaired) electrons. The number of halogens is 1. The molecule has 0 N–H and O–H groups in total. The van der Waals surface area contributed by atoms with Crippen LogP contribution in [0.4, 0.5) is 0 Å². The van der Waals surface area contributed by atoms with Crippen LogP contribution in [0.2, 0.25) is 0 Å². The van der Waals surface area contributed by atoms with Crippen LogP contribution in [0.5, 0.6) is 0 Å². The van der Waals surface area contributed by atoms with Gasteiger partial charge in [0.25, 0.3) is 0 Å². The van der Waals surface area contributed by atoms with E-state index in [1.807, 2.05) is 0 Å². The molecule has 2 fully saturated rings. The van der Waals surface area contributed by atoms with Crippen molar-refractivity contribution in [2.45, 2.75) is 0 Å². The molecule has 2 aliphatic heterocycles. The second-order valence-corrected chi connectivity index (χ2v) is 6.80. The number of likely N-dealkylation sites (tertiary alicyclic amines) is 1. The average molecular weight is 263 g/mol. The van der Waals surface area contributed by atoms with E-state index < -0.39 is 15.3 Å². The summed E-state index contributed by atoms with van der Waals surface area (Å²) in [5.41, 5.74) is -0.902. The van der Waals surface area contributed by atoms with E-state index in [0.717, 1.165) is 0 Å². The molecule has 1 amide bonds. The Morgan fingerprint density at radius 2 is 2.31 bits per heavy atom. The van der Waals surface area contributed by atoms with E-state index in [1.165, 1.54) is 4.90 Å². The molecule has 7 heteroatoms. The van der Waals surface area contributed by atoms with Gasteiger partial charge in [0.15, 0.2) is 9.84 Å². The molecule has 0 aromatic carbocycles. The van der Waals surface area contributed by atoms with Crippen molar-refractivity contribution in [3.63, 3.8) is 0 Å². The van der Waals surface area contributed by atoms with Gasteiger partial charge in [-0.25, -0.2) is 8.42 Å². The van der Waals surface area contributed by atoms with Crippen molar-refractivity contribution in [3.05, 3.63) is 0 Å². The third-order valence-electron chi connectivity index (χ3n) is 3.32. The number of nitriles is 1. The molecule has 0 aromatic heterocycles. The lowest BCUT2D eigenvalue weighted by atomic mass is 9.83. The van der Waals surface area contributed by atoms with E-state index in [0.29, 0.717) is 6.54 Å². The van der Waals surface area contributed by atoms with Crippen LogP contribution in [-0.2, 0) is 14.6 Å². The predicted molar refractivity (Wildman–Crippen MR) is 57.5 cm³/mol. The zero-order valence-electron chi connectivity index (χ0n) is 8.52. The normalized spacial score (nSPS) is 35.8. The molecule has 0 aromatic rings. The molecule has 5 nitrogen and oxygen atoms in total. The van der Waals surface area contributed by atoms with Gasteiger partial charge in [-0.15, -0.1) is 11.6 Å². The number of rotatable bonds is 1. The van der Waals surface area contributed by atoms with Gasteiger partial charge in [0.05, 0.1) is 23.0 Å². The number of hydrogen-bond donors (Lipinski definition) is 0. The van der Waals surface area contributed by atoms with Crippen molar-refractivity contribution in [1.82, 2.24) is 4.90 Å². The lowest BCUT2D eigenvalue weighted by Crippen LogP contribution is -2.34. The highest BCUT2D eigenvalue weighted by Gasteiger charge is 2.56. The fourth-order valence-electron chi connectivity index (χ4n) is 2.54. The molecule has 2 heterocycles. The molecule has 16 heavy (non-hydrogen) atoms. The summed E-state index contributed by atoms with van der Waals surface area (Å²) >= 11 is 5.44. The average Bonchev–Trinajstić information content (AvgIpc) is 2.66. The van der Waals surface area contributed by atoms with E-state index in [4.69, 9.17) is 16.9 Å². The van der Waals surface area contributed by atoms with Crippen molar-refractivity contribution in [3.8, 4) is 6.07 Å². The summed E-state index contributed by atoms with van der Waals surface area (Å²) in [6.45, 7) is 0.525. The molecule has 88 valence electrons. The van der Waals surface area contributed by atoms with Gasteiger partial charge in [-0.3, -0.25) is 4.79 Å². The zero-order valence-corrected chi connectivity index (χ0v) is 10.1. The van der Waals surface area contributed by atoms with Crippen LogP contribution in [0.15, 0.2) is 0 Å². The van der Waals surface area contributed by atoms with Crippen LogP contribution in [0.25, 0.3) is 0 Å². The van der Waals surface area contributed by atoms with Gasteiger partial charge in [0.2, 0.25) is 5.91 Å². The molecule has 0 bridgehead atoms. The number of carbonyl (C=O) groups excluding carboxylic acids is 1. The summed E-state index contributed by atoms with van der Waals surface area (Å²) in [4.78, 5) is 12.9. The van der Waals surface area contributed by atoms with Gasteiger partial charge in [0, 0.05) is 19.0 Å². The second-order valence-electron chi connectivity index (χ2n) is 4.43. The monoisotopic (exact) mass is 262 g/mol. The van der Waals surface area contributed by atoms with E-state index >= 15 is 0 Å². The quantitative estimate of drug-likeness (QED) is 0.604. The minimum absolute atomic E-state index is 0.00657. The molecule has 2 aliphatic rings. The lowest BCUT2D eigenvalue weighted by Gasteiger charge is -2.18. The van der Waals surface area contributed by atoms with E-state index in [9.17, 15) is 13.2 Å². The first-order valence-corrected chi connectivity index (χ1v) is 7.23. The Labute approximate surface area is 98.9 Å². The Morgan fingerprint density at radius 1 is 1.62 bits per heavy atom. The van der Waals surface area contributed by atoms with Crippen molar-refractivity contribution < 1.29 is 13.2 Å². The van der Waals surface area contributed by atoms with E-state index in [1.54, 1.807) is 0 Å². The topological polar surface area (TPSA) is 78.2 Å². The van der Waals surface area contributed by atoms with Crippen molar-refractivity contribution in [1.29, 1.82) is 5.26 Å². The van der Waals surface area contributed by atoms with Gasteiger partial charge < -0.3 is 4.90 Å². The summed E-state index contributed by atoms with van der Waals surface area (Å²) in [7, 11) is -3.13. The molecule has 2 atom stereocenters. The highest BCUT2D eigenvalue weighted by Crippen LogP contribution is 2.43. The van der Waals surface area contributed by atoms with Gasteiger partial charge in [0.1, 0.15) is 5.88 Å². The van der Waals surface area contributed by atoms with E-state index in [2.05, 4.69) is 6.07 Å². The summed E-state index contributed by atoms with van der Waals surface area (Å²) < 4.78 is 22.9. The van der Waals surface area contributed by atoms with Crippen LogP contribution < -0.4 is 0 Å². The number of sulfone groups is 1. The predicted octanol–water partition coefficient (Wildman–Crippen LogP) is -0.378. The fraction of sp³-hybridized carbons (Fsp3) is 0.778. The molecular formula is C9H11ClN2O3S. The SMILES string of the molecule is N#C[C@@]12CN(C(=O)CCl)C[C@@H]1CS(=O)(=O)C2. The first-order valence-electron chi connectivity index (χ1n) is 4.88. The molecule has 0 spiro atoms. The molecular weight excluding hydrogens is 252 g/mol. The Morgan fingerprint density at radius 3 is 2.81 bits per heavy atom. The Balaban J connectivity index is 2.25. The number of fused-ring (bicyclic) bond motifs is 1. The third-order valence-corrected chi connectivity index (χ3v) is 5.41. The molecule has 0 aliphatic carbocycles. The molecule has 2 rings (SSSR count). The summed E-state index contributed by atoms with van der Waals surface area (Å²) in [5.74, 6) is -0.737. The molecule has 0 unspecified atom stereocenters. The second kappa shape index (κ2) is 3.60. The first-order chi connectivity index (χ1) is 7.42. The molecule has 2 saturated heterocycles. The van der Waals surface area contributed by atoms with Crippen LogP contribution in [-0.4, -0.2) is 49.7 Å². The number of carbonyl (C=O) groups is 1. The number of hydrogen-bond acceptors (Lipinski definition) is 4. The van der Waals surface area contributed by atoms with Gasteiger partial charge in [-0.2, -0.15) is 5.26 Å². The van der Waals surface area contributed by atoms with Crippen molar-refractivity contribution >= 4 is 27.3 Å². The summed E-state index contributed by atoms with van der Waals surface area (Å²) in [6, 6.07) is 2.09. The maximum atomic E-state index is 11.5. The van der Waals surface area contributed by atoms with E-state index in [-0.39, 0.29) is 35.8 Å². The standard InChI is InChI=1S/C9H11ClN2O3S/c10-1-8(13)12-2-7-3-16(14,15)6-9(7,4-11)5-12/h7H,1-3,5-6H2/t7-,9+/m1/s1. The van der Waals surface area contributed by atoms with Crippen molar-refractivity contribution in [2.75, 3.05) is 30.5 Å². The maximum Gasteiger partial charge on any atom is 0.237 e. The summed E-state index contributed by atoms with van der Waals surface area (Å²) in [5, 5.41) is 9.15. The molecule has 0 saturated carbocycles. The van der Waals surface area contributed by atoms with Gasteiger partial charge in [-0.1, -0.05) is 0 Å². The number of alkyl halides is 1. The van der Waals surface area contributed by atoms with Crippen molar-refractivity contribution in [2.24, 2.45) is 11.3 Å². The fourth-order valence-corrected chi connectivity index (χ4v) is 5.04. The largest absolute Gasteiger partial charge is 0.340 e. The highest BCUT2D eigenvalue weighted by atomic mass is 35.5. The lowest BCUT2D eigenvalue weighted by molar-refractivity contribution is -0.127. The minimum Gasteiger partial charge on any atom is -0.340 e. The Bertz CT molecular complexity index is 470. The third kappa shape index (κ3) is 1.68. The maximum absolute atomic E-state index is 11.5. The van der Waals surface area contributed by atoms with Crippen LogP contribution >= 0.6 is 11.6 Å². The van der Waals surface area contributed by atoms with Crippen LogP contribution in [0.3, 0.4) is 0 Å². The van der Waals surface area contributed by atoms with Gasteiger partial charge in [-0.05, 0) is 0 Å². The minimum atomic E-state index is -3.13. The number of nitrogens with zero attached hydrogens (tertiary/aromatic N) is 2. The highest BCUT2D eigenvalue weighted by molar-refractivity contribution is 7.91.